The number of nitrogens with zero attached hydrogens (tertiary/aromatic N) is 4. The number of para-hydroxylation sites is 1. The molecule has 0 spiro atoms. The minimum Gasteiger partial charge on any atom is -0.371 e. The summed E-state index contributed by atoms with van der Waals surface area (Å²) in [7, 11) is 0. The second-order valence-electron chi connectivity index (χ2n) is 10.4. The van der Waals surface area contributed by atoms with Crippen LogP contribution in [0.2, 0.25) is 0 Å². The number of nitrogens with one attached hydrogen (secondary N) is 1. The van der Waals surface area contributed by atoms with E-state index in [1.807, 2.05) is 36.1 Å². The number of alkyl halides is 1. The van der Waals surface area contributed by atoms with Crippen molar-refractivity contribution in [2.75, 3.05) is 36.4 Å². The molecule has 5 rings (SSSR count). The Labute approximate surface area is 226 Å². The van der Waals surface area contributed by atoms with Gasteiger partial charge in [0.1, 0.15) is 5.82 Å². The van der Waals surface area contributed by atoms with Crippen LogP contribution in [-0.2, 0) is 5.67 Å². The fourth-order valence-electron chi connectivity index (χ4n) is 5.42. The summed E-state index contributed by atoms with van der Waals surface area (Å²) in [5.41, 5.74) is 0.0633. The van der Waals surface area contributed by atoms with E-state index in [4.69, 9.17) is 4.99 Å². The molecule has 3 aromatic rings. The zero-order chi connectivity index (χ0) is 27.6. The molecule has 39 heavy (non-hydrogen) atoms. The predicted octanol–water partition coefficient (Wildman–Crippen LogP) is 6.51. The first kappa shape index (κ1) is 27.0. The van der Waals surface area contributed by atoms with Gasteiger partial charge in [0.15, 0.2) is 23.3 Å². The smallest absolute Gasteiger partial charge is 0.198 e. The number of halogens is 4. The third-order valence-corrected chi connectivity index (χ3v) is 7.81. The van der Waals surface area contributed by atoms with E-state index in [9.17, 15) is 13.2 Å². The lowest BCUT2D eigenvalue weighted by Gasteiger charge is -2.39. The van der Waals surface area contributed by atoms with Crippen LogP contribution >= 0.6 is 0 Å². The van der Waals surface area contributed by atoms with Gasteiger partial charge in [-0.2, -0.15) is 0 Å². The molecule has 5 nitrogen and oxygen atoms in total. The number of anilines is 2. The summed E-state index contributed by atoms with van der Waals surface area (Å²) in [6, 6.07) is 14.6. The van der Waals surface area contributed by atoms with Gasteiger partial charge in [-0.15, -0.1) is 0 Å². The van der Waals surface area contributed by atoms with Crippen LogP contribution in [0.3, 0.4) is 0 Å². The van der Waals surface area contributed by atoms with Gasteiger partial charge in [-0.05, 0) is 50.5 Å². The quantitative estimate of drug-likeness (QED) is 0.178. The van der Waals surface area contributed by atoms with E-state index in [0.717, 1.165) is 43.2 Å². The highest BCUT2D eigenvalue weighted by Crippen LogP contribution is 2.38. The van der Waals surface area contributed by atoms with Crippen LogP contribution < -0.4 is 10.2 Å². The van der Waals surface area contributed by atoms with Crippen molar-refractivity contribution in [2.45, 2.75) is 51.2 Å². The molecule has 1 N–H and O–H groups in total. The maximum Gasteiger partial charge on any atom is 0.198 e. The SMILES string of the molecule is Cc1cccnc1C1(F)CCN(C(=NC2CCN(c3ccccc3)CC2)Nc2cc(F)c(C)c(F)c2F)CC1. The maximum absolute atomic E-state index is 16.0. The van der Waals surface area contributed by atoms with Crippen LogP contribution in [0, 0.1) is 31.3 Å². The van der Waals surface area contributed by atoms with Crippen molar-refractivity contribution in [1.29, 1.82) is 0 Å². The number of pyridine rings is 1. The molecule has 2 aliphatic rings. The molecule has 2 saturated heterocycles. The zero-order valence-electron chi connectivity index (χ0n) is 22.2. The maximum atomic E-state index is 16.0. The third kappa shape index (κ3) is 5.72. The number of piperidine rings is 2. The monoisotopic (exact) mass is 539 g/mol. The average Bonchev–Trinajstić information content (AvgIpc) is 2.96. The van der Waals surface area contributed by atoms with Crippen molar-refractivity contribution in [3.8, 4) is 0 Å². The molecule has 0 bridgehead atoms. The van der Waals surface area contributed by atoms with Gasteiger partial charge in [-0.3, -0.25) is 4.98 Å². The summed E-state index contributed by atoms with van der Waals surface area (Å²) in [6.45, 7) is 5.20. The van der Waals surface area contributed by atoms with E-state index >= 15 is 4.39 Å². The number of guanidine groups is 1. The van der Waals surface area contributed by atoms with Gasteiger partial charge in [0.05, 0.1) is 17.4 Å². The molecule has 0 amide bonds. The van der Waals surface area contributed by atoms with Crippen LogP contribution in [0.4, 0.5) is 28.9 Å². The van der Waals surface area contributed by atoms with Crippen molar-refractivity contribution in [1.82, 2.24) is 9.88 Å². The number of likely N-dealkylation sites (tertiary alicyclic amines) is 1. The van der Waals surface area contributed by atoms with E-state index in [0.29, 0.717) is 24.7 Å². The minimum absolute atomic E-state index is 0.0780. The fraction of sp³-hybridized carbons (Fsp3) is 0.400. The molecule has 2 aliphatic heterocycles. The van der Waals surface area contributed by atoms with Crippen LogP contribution in [0.15, 0.2) is 59.7 Å². The zero-order valence-corrected chi connectivity index (χ0v) is 22.2. The molecule has 0 radical (unpaired) electrons. The summed E-state index contributed by atoms with van der Waals surface area (Å²) in [4.78, 5) is 13.3. The molecule has 9 heteroatoms. The summed E-state index contributed by atoms with van der Waals surface area (Å²) in [5, 5.41) is 2.86. The van der Waals surface area contributed by atoms with Crippen molar-refractivity contribution < 1.29 is 17.6 Å². The number of hydrogen-bond acceptors (Lipinski definition) is 3. The van der Waals surface area contributed by atoms with E-state index in [1.165, 1.54) is 6.92 Å². The summed E-state index contributed by atoms with van der Waals surface area (Å²) in [5.74, 6) is -2.95. The Hall–Kier alpha value is -3.62. The van der Waals surface area contributed by atoms with Gasteiger partial charge in [-0.1, -0.05) is 24.3 Å². The largest absolute Gasteiger partial charge is 0.371 e. The molecule has 0 unspecified atom stereocenters. The Morgan fingerprint density at radius 1 is 0.949 bits per heavy atom. The average molecular weight is 540 g/mol. The van der Waals surface area contributed by atoms with Gasteiger partial charge < -0.3 is 15.1 Å². The summed E-state index contributed by atoms with van der Waals surface area (Å²) in [6.07, 6.45) is 3.43. The number of aliphatic imine (C=N–C) groups is 1. The molecule has 2 fully saturated rings. The summed E-state index contributed by atoms with van der Waals surface area (Å²) >= 11 is 0. The minimum atomic E-state index is -1.60. The molecular formula is C30H33F4N5. The normalized spacial score (nSPS) is 18.4. The van der Waals surface area contributed by atoms with Crippen molar-refractivity contribution >= 4 is 17.3 Å². The first-order valence-corrected chi connectivity index (χ1v) is 13.4. The molecule has 206 valence electrons. The van der Waals surface area contributed by atoms with Crippen molar-refractivity contribution in [3.05, 3.63) is 89.0 Å². The van der Waals surface area contributed by atoms with Gasteiger partial charge in [-0.25, -0.2) is 22.6 Å². The predicted molar refractivity (Wildman–Crippen MR) is 146 cm³/mol. The highest BCUT2D eigenvalue weighted by atomic mass is 19.2. The van der Waals surface area contributed by atoms with Crippen molar-refractivity contribution in [3.63, 3.8) is 0 Å². The Morgan fingerprint density at radius 3 is 2.31 bits per heavy atom. The molecular weight excluding hydrogens is 506 g/mol. The Bertz CT molecular complexity index is 1330. The van der Waals surface area contributed by atoms with Crippen LogP contribution in [0.25, 0.3) is 0 Å². The summed E-state index contributed by atoms with van der Waals surface area (Å²) < 4.78 is 59.5. The lowest BCUT2D eigenvalue weighted by molar-refractivity contribution is 0.0774. The standard InChI is InChI=1S/C30H33F4N5/c1-20-7-6-14-35-28(20)30(34)12-17-39(18-13-30)29(37-25-19-24(31)21(2)26(32)27(25)33)36-22-10-15-38(16-11-22)23-8-4-3-5-9-23/h3-9,14,19,22H,10-13,15-18H2,1-2H3,(H,36,37). The molecule has 2 aromatic carbocycles. The van der Waals surface area contributed by atoms with E-state index in [2.05, 4.69) is 27.3 Å². The topological polar surface area (TPSA) is 43.8 Å². The molecule has 0 saturated carbocycles. The van der Waals surface area contributed by atoms with E-state index in [-0.39, 0.29) is 30.1 Å². The van der Waals surface area contributed by atoms with Crippen LogP contribution in [0.1, 0.15) is 42.5 Å². The highest BCUT2D eigenvalue weighted by Gasteiger charge is 2.39. The van der Waals surface area contributed by atoms with Crippen LogP contribution in [0.5, 0.6) is 0 Å². The molecule has 0 aliphatic carbocycles. The van der Waals surface area contributed by atoms with Gasteiger partial charge >= 0.3 is 0 Å². The number of benzene rings is 2. The second-order valence-corrected chi connectivity index (χ2v) is 10.4. The number of aryl methyl sites for hydroxylation is 1. The van der Waals surface area contributed by atoms with Gasteiger partial charge in [0.25, 0.3) is 0 Å². The third-order valence-electron chi connectivity index (χ3n) is 7.81. The van der Waals surface area contributed by atoms with Gasteiger partial charge in [0.2, 0.25) is 0 Å². The van der Waals surface area contributed by atoms with Gasteiger partial charge in [0, 0.05) is 62.5 Å². The van der Waals surface area contributed by atoms with E-state index < -0.39 is 23.1 Å². The molecule has 0 atom stereocenters. The lowest BCUT2D eigenvalue weighted by Crippen LogP contribution is -2.47. The molecule has 3 heterocycles. The molecule has 1 aromatic heterocycles. The number of hydrogen-bond donors (Lipinski definition) is 1. The van der Waals surface area contributed by atoms with Crippen molar-refractivity contribution in [2.24, 2.45) is 4.99 Å². The first-order valence-electron chi connectivity index (χ1n) is 13.4. The number of aromatic nitrogens is 1. The lowest BCUT2D eigenvalue weighted by atomic mass is 9.87. The number of rotatable bonds is 4. The van der Waals surface area contributed by atoms with Crippen LogP contribution in [-0.4, -0.2) is 48.1 Å². The fourth-order valence-corrected chi connectivity index (χ4v) is 5.42. The second kappa shape index (κ2) is 11.2. The Morgan fingerprint density at radius 2 is 1.64 bits per heavy atom. The highest BCUT2D eigenvalue weighted by molar-refractivity contribution is 5.94. The Balaban J connectivity index is 1.37. The van der Waals surface area contributed by atoms with E-state index in [1.54, 1.807) is 12.3 Å². The Kier molecular flexibility index (Phi) is 7.77. The first-order chi connectivity index (χ1) is 18.7.